The second kappa shape index (κ2) is 19.6. The largest absolute Gasteiger partial charge is 0.478 e. The van der Waals surface area contributed by atoms with E-state index in [0.717, 1.165) is 34.9 Å². The van der Waals surface area contributed by atoms with Gasteiger partial charge in [-0.1, -0.05) is 68.9 Å². The number of aromatic nitrogens is 5. The van der Waals surface area contributed by atoms with Crippen molar-refractivity contribution < 1.29 is 43.6 Å². The third-order valence-electron chi connectivity index (χ3n) is 9.49. The SMILES string of the molecule is C[Si](C)(C)CCOCn1ccc2c(-c3cnn([C@H](CC#N)C4CCCC4)c3)ncnc21.O=C(O[C@H](C(=O)O)[C@H](OC(=O)c1ccccc1)C(=O)O)c1ccccc1. The summed E-state index contributed by atoms with van der Waals surface area (Å²) in [4.78, 5) is 55.9. The van der Waals surface area contributed by atoms with E-state index in [1.807, 2.05) is 33.9 Å². The molecule has 1 saturated carbocycles. The molecular weight excluding hydrogens is 749 g/mol. The third kappa shape index (κ3) is 11.4. The Labute approximate surface area is 330 Å². The molecule has 16 heteroatoms. The molecule has 2 N–H and O–H groups in total. The van der Waals surface area contributed by atoms with E-state index in [1.165, 1.54) is 74.2 Å². The van der Waals surface area contributed by atoms with Crippen LogP contribution < -0.4 is 0 Å². The van der Waals surface area contributed by atoms with Crippen LogP contribution in [0, 0.1) is 17.2 Å². The van der Waals surface area contributed by atoms with Gasteiger partial charge >= 0.3 is 23.9 Å². The Balaban J connectivity index is 0.000000221. The van der Waals surface area contributed by atoms with Gasteiger partial charge in [0.25, 0.3) is 0 Å². The molecule has 3 atom stereocenters. The molecule has 0 radical (unpaired) electrons. The molecule has 5 aromatic rings. The van der Waals surface area contributed by atoms with E-state index in [4.69, 9.17) is 14.2 Å². The van der Waals surface area contributed by atoms with Crippen molar-refractivity contribution in [3.63, 3.8) is 0 Å². The highest BCUT2D eigenvalue weighted by Gasteiger charge is 2.41. The maximum Gasteiger partial charge on any atom is 0.349 e. The molecule has 1 aliphatic carbocycles. The van der Waals surface area contributed by atoms with Gasteiger partial charge in [0.05, 0.1) is 41.5 Å². The number of nitriles is 1. The number of hydrogen-bond donors (Lipinski definition) is 2. The van der Waals surface area contributed by atoms with Crippen LogP contribution in [0.4, 0.5) is 0 Å². The first-order chi connectivity index (χ1) is 27.4. The fraction of sp³-hybridized carbons (Fsp3) is 0.366. The molecule has 0 amide bonds. The summed E-state index contributed by atoms with van der Waals surface area (Å²) in [6.07, 6.45) is 8.46. The summed E-state index contributed by atoms with van der Waals surface area (Å²) >= 11 is 0. The number of nitrogens with zero attached hydrogens (tertiary/aromatic N) is 6. The smallest absolute Gasteiger partial charge is 0.349 e. The first-order valence-electron chi connectivity index (χ1n) is 18.6. The Hall–Kier alpha value is -6.18. The first-order valence-corrected chi connectivity index (χ1v) is 22.3. The highest BCUT2D eigenvalue weighted by molar-refractivity contribution is 6.76. The van der Waals surface area contributed by atoms with Crippen LogP contribution in [0.5, 0.6) is 0 Å². The number of benzene rings is 2. The summed E-state index contributed by atoms with van der Waals surface area (Å²) in [6.45, 7) is 8.34. The van der Waals surface area contributed by atoms with E-state index >= 15 is 0 Å². The van der Waals surface area contributed by atoms with Crippen LogP contribution in [0.3, 0.4) is 0 Å². The molecule has 1 fully saturated rings. The third-order valence-corrected chi connectivity index (χ3v) is 11.2. The van der Waals surface area contributed by atoms with Gasteiger partial charge in [-0.25, -0.2) is 29.1 Å². The Morgan fingerprint density at radius 2 is 1.46 bits per heavy atom. The molecule has 298 valence electrons. The Bertz CT molecular complexity index is 2100. The second-order valence-electron chi connectivity index (χ2n) is 14.8. The maximum absolute atomic E-state index is 12.0. The maximum atomic E-state index is 12.0. The number of carboxylic acid groups (broad SMARTS) is 2. The van der Waals surface area contributed by atoms with Crippen LogP contribution >= 0.6 is 0 Å². The lowest BCUT2D eigenvalue weighted by atomic mass is 9.96. The lowest BCUT2D eigenvalue weighted by Crippen LogP contribution is -2.45. The average molecular weight is 795 g/mol. The molecule has 2 aromatic carbocycles. The molecule has 0 saturated heterocycles. The number of hydrogen-bond acceptors (Lipinski definition) is 11. The van der Waals surface area contributed by atoms with Crippen molar-refractivity contribution in [2.24, 2.45) is 5.92 Å². The quantitative estimate of drug-likeness (QED) is 0.0595. The molecule has 3 heterocycles. The lowest BCUT2D eigenvalue weighted by molar-refractivity contribution is -0.166. The van der Waals surface area contributed by atoms with E-state index in [2.05, 4.69) is 40.8 Å². The molecule has 0 unspecified atom stereocenters. The van der Waals surface area contributed by atoms with Gasteiger partial charge in [0.1, 0.15) is 18.7 Å². The van der Waals surface area contributed by atoms with Crippen LogP contribution in [0.2, 0.25) is 25.7 Å². The summed E-state index contributed by atoms with van der Waals surface area (Å²) in [5.41, 5.74) is 2.76. The predicted molar refractivity (Wildman–Crippen MR) is 211 cm³/mol. The molecule has 0 aliphatic heterocycles. The van der Waals surface area contributed by atoms with Crippen molar-refractivity contribution >= 4 is 43.0 Å². The van der Waals surface area contributed by atoms with Crippen molar-refractivity contribution in [1.29, 1.82) is 5.26 Å². The van der Waals surface area contributed by atoms with Gasteiger partial charge in [0.15, 0.2) is 0 Å². The Morgan fingerprint density at radius 1 is 0.877 bits per heavy atom. The van der Waals surface area contributed by atoms with Crippen molar-refractivity contribution in [3.8, 4) is 17.3 Å². The zero-order chi connectivity index (χ0) is 41.0. The standard InChI is InChI=1S/C23H32N6OSi.C18H14O8/c1-31(2,3)13-12-30-17-28-11-9-20-22(25-16-26-23(20)28)19-14-27-29(15-19)21(8-10-24)18-6-4-5-7-18;19-15(20)13(25-17(23)11-7-3-1-4-8-11)14(16(21)22)26-18(24)12-9-5-2-6-10-12/h9,11,14-16,18,21H,4-8,12-13,17H2,1-3H3;1-10,13-14H,(H,19,20)(H,21,22)/t21-;13-,14-/m10/s1. The highest BCUT2D eigenvalue weighted by atomic mass is 28.3. The van der Waals surface area contributed by atoms with E-state index in [9.17, 15) is 34.7 Å². The number of carbonyl (C=O) groups is 4. The summed E-state index contributed by atoms with van der Waals surface area (Å²) < 4.78 is 19.5. The minimum atomic E-state index is -2.21. The number of rotatable bonds is 16. The zero-order valence-corrected chi connectivity index (χ0v) is 33.1. The van der Waals surface area contributed by atoms with Gasteiger partial charge in [0.2, 0.25) is 12.2 Å². The first kappa shape index (κ1) is 42.0. The summed E-state index contributed by atoms with van der Waals surface area (Å²) in [5, 5.41) is 33.4. The van der Waals surface area contributed by atoms with Gasteiger partial charge < -0.3 is 29.0 Å². The average Bonchev–Trinajstić information content (AvgIpc) is 4.00. The molecule has 0 spiro atoms. The zero-order valence-electron chi connectivity index (χ0n) is 32.1. The molecule has 1 aliphatic rings. The van der Waals surface area contributed by atoms with Crippen LogP contribution in [0.25, 0.3) is 22.3 Å². The van der Waals surface area contributed by atoms with Gasteiger partial charge in [-0.3, -0.25) is 4.68 Å². The lowest BCUT2D eigenvalue weighted by Gasteiger charge is -2.21. The van der Waals surface area contributed by atoms with Crippen molar-refractivity contribution in [3.05, 3.63) is 103 Å². The number of fused-ring (bicyclic) bond motifs is 1. The van der Waals surface area contributed by atoms with Crippen molar-refractivity contribution in [2.45, 2.75) is 82.8 Å². The van der Waals surface area contributed by atoms with Crippen molar-refractivity contribution in [2.75, 3.05) is 6.61 Å². The number of carboxylic acids is 2. The van der Waals surface area contributed by atoms with Gasteiger partial charge in [-0.05, 0) is 55.1 Å². The number of ether oxygens (including phenoxy) is 3. The van der Waals surface area contributed by atoms with Gasteiger partial charge in [-0.2, -0.15) is 10.4 Å². The van der Waals surface area contributed by atoms with Gasteiger partial charge in [-0.15, -0.1) is 0 Å². The number of carbonyl (C=O) groups excluding carboxylic acids is 2. The van der Waals surface area contributed by atoms with E-state index in [-0.39, 0.29) is 17.2 Å². The molecular formula is C41H46N6O9Si. The van der Waals surface area contributed by atoms with Crippen LogP contribution in [0.1, 0.15) is 58.9 Å². The highest BCUT2D eigenvalue weighted by Crippen LogP contribution is 2.37. The van der Waals surface area contributed by atoms with E-state index in [1.54, 1.807) is 18.5 Å². The fourth-order valence-corrected chi connectivity index (χ4v) is 7.19. The molecule has 15 nitrogen and oxygen atoms in total. The Morgan fingerprint density at radius 3 is 1.98 bits per heavy atom. The minimum absolute atomic E-state index is 0.0253. The predicted octanol–water partition coefficient (Wildman–Crippen LogP) is 6.86. The summed E-state index contributed by atoms with van der Waals surface area (Å²) in [6, 6.07) is 20.5. The van der Waals surface area contributed by atoms with Crippen LogP contribution in [-0.2, 0) is 30.5 Å². The van der Waals surface area contributed by atoms with Crippen molar-refractivity contribution in [1.82, 2.24) is 24.3 Å². The minimum Gasteiger partial charge on any atom is -0.478 e. The number of esters is 2. The topological polar surface area (TPSA) is 209 Å². The second-order valence-corrected chi connectivity index (χ2v) is 20.5. The summed E-state index contributed by atoms with van der Waals surface area (Å²) in [7, 11) is -1.10. The van der Waals surface area contributed by atoms with Crippen LogP contribution in [0.15, 0.2) is 91.6 Å². The van der Waals surface area contributed by atoms with E-state index in [0.29, 0.717) is 19.1 Å². The normalized spacial score (nSPS) is 14.4. The van der Waals surface area contributed by atoms with Crippen LogP contribution in [-0.4, -0.2) is 85.3 Å². The molecule has 0 bridgehead atoms. The molecule has 6 rings (SSSR count). The fourth-order valence-electron chi connectivity index (χ4n) is 6.43. The summed E-state index contributed by atoms with van der Waals surface area (Å²) in [5.74, 6) is -5.10. The monoisotopic (exact) mass is 794 g/mol. The van der Waals surface area contributed by atoms with E-state index < -0.39 is 44.2 Å². The Kier molecular flexibility index (Phi) is 14.4. The molecule has 57 heavy (non-hydrogen) atoms. The van der Waals surface area contributed by atoms with Gasteiger partial charge in [0, 0.05) is 38.0 Å². The number of aliphatic carboxylic acids is 2. The molecule has 3 aromatic heterocycles.